The molecule has 0 aromatic heterocycles. The zero-order valence-corrected chi connectivity index (χ0v) is 44.7. The Morgan fingerprint density at radius 2 is 0.733 bits per heavy atom. The van der Waals surface area contributed by atoms with Crippen LogP contribution >= 0.6 is 0 Å². The molecule has 40 heteroatoms. The second-order valence-electron chi connectivity index (χ2n) is 21.5. The fourth-order valence-corrected chi connectivity index (χ4v) is 10.7. The lowest BCUT2D eigenvalue weighted by Gasteiger charge is -2.51. The van der Waals surface area contributed by atoms with Crippen LogP contribution in [0.2, 0.25) is 0 Å². The number of aliphatic carboxylic acids is 2. The Hall–Kier alpha value is -2.50. The van der Waals surface area contributed by atoms with Crippen LogP contribution in [0.15, 0.2) is 0 Å². The van der Waals surface area contributed by atoms with Crippen LogP contribution in [-0.2, 0) is 71.2 Å². The van der Waals surface area contributed by atoms with Crippen LogP contribution in [0.1, 0.15) is 12.8 Å². The molecule has 7 unspecified atom stereocenters. The van der Waals surface area contributed by atoms with Gasteiger partial charge in [0.15, 0.2) is 31.5 Å². The molecule has 7 fully saturated rings. The summed E-state index contributed by atoms with van der Waals surface area (Å²) in [5.74, 6) is -10.3. The number of rotatable bonds is 23. The maximum atomic E-state index is 12.9. The van der Waals surface area contributed by atoms with Crippen molar-refractivity contribution in [1.29, 1.82) is 0 Å². The molecule has 500 valence electrons. The monoisotopic (exact) mass is 1270 g/mol. The quantitative estimate of drug-likeness (QED) is 0.0452. The highest BCUT2D eigenvalue weighted by molar-refractivity contribution is 5.76. The van der Waals surface area contributed by atoms with E-state index in [1.54, 1.807) is 0 Å². The Morgan fingerprint density at radius 3 is 1.19 bits per heavy atom. The van der Waals surface area contributed by atoms with Crippen LogP contribution in [0, 0.1) is 0 Å². The average molecular weight is 1270 g/mol. The van der Waals surface area contributed by atoms with Gasteiger partial charge in [-0.15, -0.1) is 0 Å². The summed E-state index contributed by atoms with van der Waals surface area (Å²) < 4.78 is 73.8. The maximum absolute atomic E-state index is 12.9. The fraction of sp³-hybridized carbons (Fsp3) is 0.957. The number of hydrogen-bond acceptors (Lipinski definition) is 38. The average Bonchev–Trinajstić information content (AvgIpc) is 1.58. The molecule has 0 aliphatic carbocycles. The summed E-state index contributed by atoms with van der Waals surface area (Å²) in [7, 11) is 0. The summed E-state index contributed by atoms with van der Waals surface area (Å²) >= 11 is 0. The molecule has 25 N–H and O–H groups in total. The second kappa shape index (κ2) is 29.4. The van der Waals surface area contributed by atoms with E-state index < -0.39 is 285 Å². The Morgan fingerprint density at radius 1 is 0.384 bits per heavy atom. The van der Waals surface area contributed by atoms with Gasteiger partial charge in [-0.05, 0) is 0 Å². The lowest BCUT2D eigenvalue weighted by molar-refractivity contribution is -0.418. The molecule has 7 rings (SSSR count). The van der Waals surface area contributed by atoms with Gasteiger partial charge in [-0.25, -0.2) is 9.59 Å². The van der Waals surface area contributed by atoms with Gasteiger partial charge in [0.05, 0.1) is 58.5 Å². The minimum absolute atomic E-state index is 1.06. The number of aliphatic hydroxyl groups is 23. The van der Waals surface area contributed by atoms with Crippen molar-refractivity contribution in [2.24, 2.45) is 0 Å². The molecule has 0 aromatic carbocycles. The molecule has 7 heterocycles. The number of carbonyl (C=O) groups is 2. The van der Waals surface area contributed by atoms with Crippen LogP contribution in [0.3, 0.4) is 0 Å². The standard InChI is InChI=1S/C46H76O40/c47-3-12(54)32-19(56)10(52)1-45(85-32,43(70)71)74-8-17-22(59)27(64)30(67)40(79-17)83-36-28(65)23(60)18(9-75-46(44(72)73)2-11(53)20(57)33(86-46)13(55)4-48)80-41(36)84-37-35(82-39-29(66)26(63)21(58)14(5-49)77-39)25(62)16(7-51)78-42(37)81-34-24(61)15(6-50)76-38(69)31(34)68/h10-42,47-69H,1-9H2,(H,70,71)(H,72,73)/t10-,11-,12-,13-,14-,15-,16-,17-,18-,19-,20-,21-,22+,23+,24-,25-,26+,27+,28+,29-,30-,31-,32-,33-,34+,35+,36-,37-,38?,39?,40?,41?,42?,45?,46?/m1/s1. The molecular weight excluding hydrogens is 1190 g/mol. The van der Waals surface area contributed by atoms with Gasteiger partial charge in [-0.2, -0.15) is 0 Å². The van der Waals surface area contributed by atoms with Crippen molar-refractivity contribution >= 4 is 11.9 Å². The number of ether oxygens (including phenoxy) is 13. The zero-order valence-electron chi connectivity index (χ0n) is 44.7. The molecule has 0 saturated carbocycles. The minimum atomic E-state index is -3.13. The molecule has 35 atom stereocenters. The van der Waals surface area contributed by atoms with Gasteiger partial charge in [-0.3, -0.25) is 0 Å². The van der Waals surface area contributed by atoms with Crippen LogP contribution < -0.4 is 0 Å². The van der Waals surface area contributed by atoms with Crippen LogP contribution in [0.25, 0.3) is 0 Å². The number of aliphatic hydroxyl groups excluding tert-OH is 23. The number of carboxylic acid groups (broad SMARTS) is 2. The molecule has 7 aliphatic rings. The molecule has 0 aromatic rings. The van der Waals surface area contributed by atoms with Crippen molar-refractivity contribution in [1.82, 2.24) is 0 Å². The highest BCUT2D eigenvalue weighted by atomic mass is 16.8. The Balaban J connectivity index is 1.29. The lowest BCUT2D eigenvalue weighted by Crippen LogP contribution is -2.69. The molecular formula is C46H76O40. The Bertz CT molecular complexity index is 2160. The number of carboxylic acids is 2. The van der Waals surface area contributed by atoms with Crippen molar-refractivity contribution < 1.29 is 199 Å². The largest absolute Gasteiger partial charge is 0.477 e. The summed E-state index contributed by atoms with van der Waals surface area (Å²) in [5, 5.41) is 268. The summed E-state index contributed by atoms with van der Waals surface area (Å²) in [6, 6.07) is 0. The van der Waals surface area contributed by atoms with Crippen molar-refractivity contribution in [2.75, 3.05) is 46.2 Å². The van der Waals surface area contributed by atoms with Crippen molar-refractivity contribution in [3.63, 3.8) is 0 Å². The topological polar surface area (TPSA) is 660 Å². The van der Waals surface area contributed by atoms with E-state index in [0.29, 0.717) is 0 Å². The van der Waals surface area contributed by atoms with Gasteiger partial charge in [0.2, 0.25) is 0 Å². The molecule has 0 radical (unpaired) electrons. The first-order valence-corrected chi connectivity index (χ1v) is 26.7. The second-order valence-corrected chi connectivity index (χ2v) is 21.5. The maximum Gasteiger partial charge on any atom is 0.364 e. The van der Waals surface area contributed by atoms with Gasteiger partial charge >= 0.3 is 11.9 Å². The van der Waals surface area contributed by atoms with E-state index in [9.17, 15) is 137 Å². The van der Waals surface area contributed by atoms with Crippen molar-refractivity contribution in [3.8, 4) is 0 Å². The third-order valence-corrected chi connectivity index (χ3v) is 15.8. The lowest BCUT2D eigenvalue weighted by atomic mass is 9.92. The molecule has 86 heavy (non-hydrogen) atoms. The van der Waals surface area contributed by atoms with Gasteiger partial charge < -0.3 is 189 Å². The predicted molar refractivity (Wildman–Crippen MR) is 254 cm³/mol. The first kappa shape index (κ1) is 70.9. The summed E-state index contributed by atoms with van der Waals surface area (Å²) in [5.41, 5.74) is 0. The van der Waals surface area contributed by atoms with Crippen LogP contribution in [-0.4, -0.2) is 400 Å². The van der Waals surface area contributed by atoms with Gasteiger partial charge in [0.25, 0.3) is 11.6 Å². The molecule has 40 nitrogen and oxygen atoms in total. The van der Waals surface area contributed by atoms with Crippen molar-refractivity contribution in [3.05, 3.63) is 0 Å². The highest BCUT2D eigenvalue weighted by Crippen LogP contribution is 2.40. The van der Waals surface area contributed by atoms with Gasteiger partial charge in [0, 0.05) is 12.8 Å². The molecule has 7 aliphatic heterocycles. The number of hydrogen-bond donors (Lipinski definition) is 25. The van der Waals surface area contributed by atoms with E-state index in [1.807, 2.05) is 0 Å². The SMILES string of the molecule is O=C(O)C1(OC[C@H]2OC(O[C@H]3C(O[C@H]4C(O[C@H]5[C@H](O)[C@@H](CO)OC(O)[C@@H]5O)O[C@H](CO)[C@@H](O)[C@@H]4OC4O[C@H](CO)[C@@H](O)[C@H](O)[C@H]4O)O[C@H](COC4(C(=O)O)C[C@@H](O)[C@@H](O)[C@@H]([C@H](O)CO)O4)[C@H](O)[C@@H]3O)[C@H](O)[C@@H](O)[C@H]2O)C[C@@H](O)[C@@H](O)[C@@H]([C@H](O)CO)O1. The Kier molecular flexibility index (Phi) is 24.3. The third-order valence-electron chi connectivity index (χ3n) is 15.8. The first-order chi connectivity index (χ1) is 40.4. The smallest absolute Gasteiger partial charge is 0.364 e. The Labute approximate surface area is 483 Å². The normalized spacial score (nSPS) is 50.3. The fourth-order valence-electron chi connectivity index (χ4n) is 10.7. The summed E-state index contributed by atoms with van der Waals surface area (Å²) in [4.78, 5) is 25.6. The van der Waals surface area contributed by atoms with E-state index in [1.165, 1.54) is 0 Å². The van der Waals surface area contributed by atoms with Gasteiger partial charge in [-0.1, -0.05) is 0 Å². The summed E-state index contributed by atoms with van der Waals surface area (Å²) in [6.07, 6.45) is -75.8. The first-order valence-electron chi connectivity index (χ1n) is 26.7. The van der Waals surface area contributed by atoms with E-state index in [4.69, 9.17) is 61.6 Å². The van der Waals surface area contributed by atoms with E-state index in [0.717, 1.165) is 0 Å². The molecule has 0 spiro atoms. The van der Waals surface area contributed by atoms with E-state index >= 15 is 0 Å². The van der Waals surface area contributed by atoms with Gasteiger partial charge in [0.1, 0.15) is 159 Å². The predicted octanol–water partition coefficient (Wildman–Crippen LogP) is -16.6. The zero-order chi connectivity index (χ0) is 63.8. The van der Waals surface area contributed by atoms with Crippen LogP contribution in [0.5, 0.6) is 0 Å². The van der Waals surface area contributed by atoms with Crippen molar-refractivity contribution in [2.45, 2.75) is 227 Å². The third kappa shape index (κ3) is 14.4. The highest BCUT2D eigenvalue weighted by Gasteiger charge is 2.61. The molecule has 0 amide bonds. The molecule has 7 saturated heterocycles. The van der Waals surface area contributed by atoms with E-state index in [-0.39, 0.29) is 0 Å². The van der Waals surface area contributed by atoms with Crippen LogP contribution in [0.4, 0.5) is 0 Å². The summed E-state index contributed by atoms with van der Waals surface area (Å²) in [6.45, 7) is -8.25. The molecule has 0 bridgehead atoms. The minimum Gasteiger partial charge on any atom is -0.477 e. The van der Waals surface area contributed by atoms with E-state index in [2.05, 4.69) is 0 Å².